The van der Waals surface area contributed by atoms with Crippen LogP contribution < -0.4 is 5.73 Å². The van der Waals surface area contributed by atoms with Gasteiger partial charge in [0.15, 0.2) is 0 Å². The average molecular weight is 210 g/mol. The van der Waals surface area contributed by atoms with Crippen molar-refractivity contribution in [2.75, 3.05) is 5.73 Å². The maximum absolute atomic E-state index is 13.3. The summed E-state index contributed by atoms with van der Waals surface area (Å²) in [6.07, 6.45) is 2.95. The normalized spacial score (nSPS) is 10.4. The highest BCUT2D eigenvalue weighted by atomic mass is 32.2. The fraction of sp³-hybridized carbons (Fsp3) is 0. The topological polar surface area (TPSA) is 52.0 Å². The molecule has 0 bridgehead atoms. The minimum Gasteiger partial charge on any atom is -0.440 e. The van der Waals surface area contributed by atoms with Crippen molar-refractivity contribution in [2.24, 2.45) is 0 Å². The SMILES string of the molecule is Nc1ccc(Sc2ncco2)c(F)c1. The number of hydrogen-bond acceptors (Lipinski definition) is 4. The first-order valence-corrected chi connectivity index (χ1v) is 4.70. The average Bonchev–Trinajstić information content (AvgIpc) is 2.62. The van der Waals surface area contributed by atoms with Gasteiger partial charge in [0, 0.05) is 5.69 Å². The van der Waals surface area contributed by atoms with Crippen molar-refractivity contribution in [1.82, 2.24) is 4.98 Å². The third-order valence-corrected chi connectivity index (χ3v) is 2.49. The maximum Gasteiger partial charge on any atom is 0.260 e. The molecule has 0 spiro atoms. The zero-order chi connectivity index (χ0) is 9.97. The molecule has 0 atom stereocenters. The number of oxazole rings is 1. The molecule has 0 aliphatic carbocycles. The fourth-order valence-electron chi connectivity index (χ4n) is 0.955. The van der Waals surface area contributed by atoms with E-state index >= 15 is 0 Å². The number of rotatable bonds is 2. The van der Waals surface area contributed by atoms with Crippen LogP contribution in [-0.4, -0.2) is 4.98 Å². The molecule has 2 aromatic rings. The zero-order valence-corrected chi connectivity index (χ0v) is 7.92. The third kappa shape index (κ3) is 1.88. The van der Waals surface area contributed by atoms with Gasteiger partial charge in [0.05, 0.1) is 11.1 Å². The van der Waals surface area contributed by atoms with Crippen molar-refractivity contribution in [1.29, 1.82) is 0 Å². The largest absolute Gasteiger partial charge is 0.440 e. The van der Waals surface area contributed by atoms with Crippen LogP contribution >= 0.6 is 11.8 Å². The zero-order valence-electron chi connectivity index (χ0n) is 7.11. The number of anilines is 1. The molecule has 0 radical (unpaired) electrons. The van der Waals surface area contributed by atoms with Gasteiger partial charge in [0.2, 0.25) is 0 Å². The van der Waals surface area contributed by atoms with Crippen LogP contribution in [0.5, 0.6) is 0 Å². The first-order valence-electron chi connectivity index (χ1n) is 3.88. The molecular weight excluding hydrogens is 203 g/mol. The summed E-state index contributed by atoms with van der Waals surface area (Å²) in [5, 5.41) is 0.411. The molecule has 1 aromatic carbocycles. The van der Waals surface area contributed by atoms with Crippen LogP contribution in [0, 0.1) is 5.82 Å². The summed E-state index contributed by atoms with van der Waals surface area (Å²) in [6, 6.07) is 4.50. The van der Waals surface area contributed by atoms with E-state index in [1.807, 2.05) is 0 Å². The number of halogens is 1. The quantitative estimate of drug-likeness (QED) is 0.774. The number of benzene rings is 1. The van der Waals surface area contributed by atoms with E-state index in [4.69, 9.17) is 10.2 Å². The fourth-order valence-corrected chi connectivity index (χ4v) is 1.65. The monoisotopic (exact) mass is 210 g/mol. The second-order valence-corrected chi connectivity index (χ2v) is 3.58. The second-order valence-electron chi connectivity index (χ2n) is 2.59. The van der Waals surface area contributed by atoms with E-state index < -0.39 is 0 Å². The molecule has 0 saturated carbocycles. The van der Waals surface area contributed by atoms with E-state index in [2.05, 4.69) is 4.98 Å². The highest BCUT2D eigenvalue weighted by molar-refractivity contribution is 7.99. The lowest BCUT2D eigenvalue weighted by Crippen LogP contribution is -1.87. The smallest absolute Gasteiger partial charge is 0.260 e. The Balaban J connectivity index is 2.25. The lowest BCUT2D eigenvalue weighted by atomic mass is 10.3. The van der Waals surface area contributed by atoms with Gasteiger partial charge in [0.1, 0.15) is 12.1 Å². The molecule has 0 aliphatic heterocycles. The minimum absolute atomic E-state index is 0.367. The molecule has 1 aromatic heterocycles. The van der Waals surface area contributed by atoms with Gasteiger partial charge >= 0.3 is 0 Å². The lowest BCUT2D eigenvalue weighted by molar-refractivity contribution is 0.453. The molecule has 2 N–H and O–H groups in total. The van der Waals surface area contributed by atoms with Crippen LogP contribution in [0.25, 0.3) is 0 Å². The number of aromatic nitrogens is 1. The Hall–Kier alpha value is -1.49. The van der Waals surface area contributed by atoms with Crippen LogP contribution in [0.3, 0.4) is 0 Å². The molecule has 72 valence electrons. The van der Waals surface area contributed by atoms with Crippen molar-refractivity contribution in [3.05, 3.63) is 36.5 Å². The van der Waals surface area contributed by atoms with Crippen molar-refractivity contribution < 1.29 is 8.81 Å². The van der Waals surface area contributed by atoms with Gasteiger partial charge in [-0.1, -0.05) is 0 Å². The molecule has 5 heteroatoms. The number of hydrogen-bond donors (Lipinski definition) is 1. The Kier molecular flexibility index (Phi) is 2.41. The summed E-state index contributed by atoms with van der Waals surface area (Å²) >= 11 is 1.12. The van der Waals surface area contributed by atoms with E-state index in [1.165, 1.54) is 18.5 Å². The predicted octanol–water partition coefficient (Wildman–Crippen LogP) is 2.55. The molecule has 0 unspecified atom stereocenters. The maximum atomic E-state index is 13.3. The van der Waals surface area contributed by atoms with Crippen molar-refractivity contribution in [2.45, 2.75) is 10.1 Å². The Morgan fingerprint density at radius 3 is 2.93 bits per heavy atom. The van der Waals surface area contributed by atoms with Crippen molar-refractivity contribution in [3.8, 4) is 0 Å². The molecule has 0 aliphatic rings. The molecule has 0 saturated heterocycles. The predicted molar refractivity (Wildman–Crippen MR) is 51.4 cm³/mol. The van der Waals surface area contributed by atoms with Gasteiger partial charge in [-0.25, -0.2) is 9.37 Å². The first-order chi connectivity index (χ1) is 6.75. The lowest BCUT2D eigenvalue weighted by Gasteiger charge is -1.99. The van der Waals surface area contributed by atoms with Gasteiger partial charge < -0.3 is 10.2 Å². The summed E-state index contributed by atoms with van der Waals surface area (Å²) in [6.45, 7) is 0. The molecule has 3 nitrogen and oxygen atoms in total. The molecule has 1 heterocycles. The van der Waals surface area contributed by atoms with E-state index in [-0.39, 0.29) is 5.82 Å². The number of nitrogens with zero attached hydrogens (tertiary/aromatic N) is 1. The Morgan fingerprint density at radius 2 is 2.29 bits per heavy atom. The molecule has 14 heavy (non-hydrogen) atoms. The number of nitrogen functional groups attached to an aromatic ring is 1. The molecule has 0 fully saturated rings. The Bertz CT molecular complexity index is 430. The summed E-state index contributed by atoms with van der Waals surface area (Å²) in [5.41, 5.74) is 5.81. The van der Waals surface area contributed by atoms with Crippen LogP contribution in [0.1, 0.15) is 0 Å². The molecule has 0 amide bonds. The highest BCUT2D eigenvalue weighted by Crippen LogP contribution is 2.29. The van der Waals surface area contributed by atoms with Gasteiger partial charge in [0.25, 0.3) is 5.22 Å². The molecule has 2 rings (SSSR count). The van der Waals surface area contributed by atoms with Crippen molar-refractivity contribution in [3.63, 3.8) is 0 Å². The van der Waals surface area contributed by atoms with Gasteiger partial charge in [-0.05, 0) is 30.0 Å². The summed E-state index contributed by atoms with van der Waals surface area (Å²) in [5.74, 6) is -0.367. The van der Waals surface area contributed by atoms with Crippen LogP contribution in [0.15, 0.2) is 45.2 Å². The standard InChI is InChI=1S/C9H7FN2OS/c10-7-5-6(11)1-2-8(7)14-9-12-3-4-13-9/h1-5H,11H2. The highest BCUT2D eigenvalue weighted by Gasteiger charge is 2.06. The van der Waals surface area contributed by atoms with Crippen LogP contribution in [-0.2, 0) is 0 Å². The first kappa shape index (κ1) is 9.08. The Labute approximate surface area is 84.1 Å². The van der Waals surface area contributed by atoms with Gasteiger partial charge in [-0.15, -0.1) is 0 Å². The third-order valence-electron chi connectivity index (χ3n) is 1.56. The second kappa shape index (κ2) is 3.71. The van der Waals surface area contributed by atoms with Crippen molar-refractivity contribution >= 4 is 17.4 Å². The summed E-state index contributed by atoms with van der Waals surface area (Å²) < 4.78 is 18.2. The molecular formula is C9H7FN2OS. The van der Waals surface area contributed by atoms with Gasteiger partial charge in [-0.2, -0.15) is 0 Å². The van der Waals surface area contributed by atoms with E-state index in [0.29, 0.717) is 15.8 Å². The van der Waals surface area contributed by atoms with E-state index in [9.17, 15) is 4.39 Å². The number of nitrogens with two attached hydrogens (primary N) is 1. The Morgan fingerprint density at radius 1 is 1.43 bits per heavy atom. The summed E-state index contributed by atoms with van der Waals surface area (Å²) in [7, 11) is 0. The van der Waals surface area contributed by atoms with E-state index in [1.54, 1.807) is 12.1 Å². The van der Waals surface area contributed by atoms with E-state index in [0.717, 1.165) is 11.8 Å². The summed E-state index contributed by atoms with van der Waals surface area (Å²) in [4.78, 5) is 4.32. The minimum atomic E-state index is -0.367. The van der Waals surface area contributed by atoms with Gasteiger partial charge in [-0.3, -0.25) is 0 Å². The van der Waals surface area contributed by atoms with Crippen LogP contribution in [0.2, 0.25) is 0 Å². The van der Waals surface area contributed by atoms with Crippen LogP contribution in [0.4, 0.5) is 10.1 Å².